The Labute approximate surface area is 185 Å². The van der Waals surface area contributed by atoms with Crippen LogP contribution in [0.3, 0.4) is 0 Å². The lowest BCUT2D eigenvalue weighted by molar-refractivity contribution is -0.132. The average molecular weight is 430 g/mol. The highest BCUT2D eigenvalue weighted by molar-refractivity contribution is 5.85. The second kappa shape index (κ2) is 10.8. The molecule has 2 amide bonds. The van der Waals surface area contributed by atoms with E-state index in [1.807, 2.05) is 17.0 Å². The third-order valence-corrected chi connectivity index (χ3v) is 6.25. The number of nitrogens with zero attached hydrogens (tertiary/aromatic N) is 1. The van der Waals surface area contributed by atoms with E-state index < -0.39 is 0 Å². The number of amides is 2. The number of benzene rings is 2. The molecule has 2 saturated heterocycles. The Morgan fingerprint density at radius 1 is 1.07 bits per heavy atom. The Morgan fingerprint density at radius 3 is 2.70 bits per heavy atom. The third-order valence-electron chi connectivity index (χ3n) is 6.25. The molecule has 0 aliphatic carbocycles. The molecule has 2 fully saturated rings. The summed E-state index contributed by atoms with van der Waals surface area (Å²) in [5.74, 6) is 0.702. The molecule has 162 valence electrons. The number of aryl methyl sites for hydroxylation is 1. The van der Waals surface area contributed by atoms with Gasteiger partial charge in [-0.25, -0.2) is 0 Å². The second-order valence-electron chi connectivity index (χ2n) is 8.42. The van der Waals surface area contributed by atoms with Gasteiger partial charge in [-0.2, -0.15) is 0 Å². The zero-order chi connectivity index (χ0) is 20.1. The van der Waals surface area contributed by atoms with Gasteiger partial charge in [0.05, 0.1) is 6.04 Å². The standard InChI is InChI=1S/C24H31N3O2.ClH/c28-23(12-10-18-9-11-20-6-1-2-7-21(20)15-18)27-14-4-5-19(17-27)16-26-24(29)22-8-3-13-25-22;/h1-2,6-7,9,11,15,19,22,25H,3-5,8,10,12-14,16-17H2,(H,26,29);1H. The zero-order valence-electron chi connectivity index (χ0n) is 17.4. The van der Waals surface area contributed by atoms with Crippen molar-refractivity contribution in [1.29, 1.82) is 0 Å². The predicted octanol–water partition coefficient (Wildman–Crippen LogP) is 3.30. The Kier molecular flexibility index (Phi) is 8.11. The SMILES string of the molecule is Cl.O=C(NCC1CCCN(C(=O)CCc2ccc3ccccc3c2)C1)C1CCCN1. The van der Waals surface area contributed by atoms with Gasteiger partial charge < -0.3 is 15.5 Å². The molecule has 4 rings (SSSR count). The number of likely N-dealkylation sites (tertiary alicyclic amines) is 1. The number of halogens is 1. The molecule has 2 aromatic carbocycles. The Balaban J connectivity index is 0.00000256. The summed E-state index contributed by atoms with van der Waals surface area (Å²) >= 11 is 0. The largest absolute Gasteiger partial charge is 0.354 e. The van der Waals surface area contributed by atoms with Gasteiger partial charge >= 0.3 is 0 Å². The molecule has 0 saturated carbocycles. The lowest BCUT2D eigenvalue weighted by atomic mass is 9.97. The Morgan fingerprint density at radius 2 is 1.90 bits per heavy atom. The molecule has 2 aromatic rings. The Hall–Kier alpha value is -2.11. The van der Waals surface area contributed by atoms with Crippen molar-refractivity contribution in [3.63, 3.8) is 0 Å². The van der Waals surface area contributed by atoms with Gasteiger partial charge in [-0.1, -0.05) is 42.5 Å². The van der Waals surface area contributed by atoms with Gasteiger partial charge in [0.25, 0.3) is 0 Å². The van der Waals surface area contributed by atoms with E-state index in [4.69, 9.17) is 0 Å². The summed E-state index contributed by atoms with van der Waals surface area (Å²) in [5, 5.41) is 8.78. The average Bonchev–Trinajstić information content (AvgIpc) is 3.31. The maximum Gasteiger partial charge on any atom is 0.237 e. The summed E-state index contributed by atoms with van der Waals surface area (Å²) in [6, 6.07) is 14.7. The minimum absolute atomic E-state index is 0. The first kappa shape index (κ1) is 22.6. The number of hydrogen-bond acceptors (Lipinski definition) is 3. The molecular formula is C24H32ClN3O2. The van der Waals surface area contributed by atoms with E-state index in [-0.39, 0.29) is 30.3 Å². The quantitative estimate of drug-likeness (QED) is 0.740. The van der Waals surface area contributed by atoms with Crippen LogP contribution in [0.5, 0.6) is 0 Å². The number of carbonyl (C=O) groups is 2. The fourth-order valence-electron chi connectivity index (χ4n) is 4.54. The van der Waals surface area contributed by atoms with Gasteiger partial charge in [-0.05, 0) is 60.9 Å². The molecule has 2 aliphatic heterocycles. The summed E-state index contributed by atoms with van der Waals surface area (Å²) in [7, 11) is 0. The normalized spacial score (nSPS) is 21.3. The third kappa shape index (κ3) is 5.73. The first-order valence-electron chi connectivity index (χ1n) is 11.0. The molecule has 30 heavy (non-hydrogen) atoms. The summed E-state index contributed by atoms with van der Waals surface area (Å²) in [4.78, 5) is 27.0. The van der Waals surface area contributed by atoms with Crippen molar-refractivity contribution in [1.82, 2.24) is 15.5 Å². The molecule has 0 aromatic heterocycles. The van der Waals surface area contributed by atoms with Crippen molar-refractivity contribution < 1.29 is 9.59 Å². The van der Waals surface area contributed by atoms with Crippen LogP contribution >= 0.6 is 12.4 Å². The Bertz CT molecular complexity index is 866. The molecule has 0 spiro atoms. The summed E-state index contributed by atoms with van der Waals surface area (Å²) in [5.41, 5.74) is 1.21. The molecule has 2 heterocycles. The maximum atomic E-state index is 12.8. The molecule has 2 atom stereocenters. The van der Waals surface area contributed by atoms with Crippen LogP contribution in [0.15, 0.2) is 42.5 Å². The van der Waals surface area contributed by atoms with Crippen molar-refractivity contribution in [2.45, 2.75) is 44.6 Å². The van der Waals surface area contributed by atoms with Gasteiger partial charge in [0.2, 0.25) is 11.8 Å². The monoisotopic (exact) mass is 429 g/mol. The fourth-order valence-corrected chi connectivity index (χ4v) is 4.54. The van der Waals surface area contributed by atoms with Crippen LogP contribution in [0.2, 0.25) is 0 Å². The number of nitrogens with one attached hydrogen (secondary N) is 2. The van der Waals surface area contributed by atoms with E-state index in [9.17, 15) is 9.59 Å². The van der Waals surface area contributed by atoms with E-state index in [1.165, 1.54) is 16.3 Å². The number of carbonyl (C=O) groups excluding carboxylic acids is 2. The van der Waals surface area contributed by atoms with Crippen molar-refractivity contribution in [3.8, 4) is 0 Å². The molecule has 5 nitrogen and oxygen atoms in total. The van der Waals surface area contributed by atoms with Crippen molar-refractivity contribution in [2.75, 3.05) is 26.2 Å². The number of piperidine rings is 1. The molecule has 6 heteroatoms. The molecule has 2 aliphatic rings. The highest BCUT2D eigenvalue weighted by Gasteiger charge is 2.26. The number of hydrogen-bond donors (Lipinski definition) is 2. The predicted molar refractivity (Wildman–Crippen MR) is 123 cm³/mol. The lowest BCUT2D eigenvalue weighted by Gasteiger charge is -2.33. The molecule has 0 radical (unpaired) electrons. The lowest BCUT2D eigenvalue weighted by Crippen LogP contribution is -2.46. The van der Waals surface area contributed by atoms with Crippen LogP contribution in [0, 0.1) is 5.92 Å². The first-order valence-corrected chi connectivity index (χ1v) is 11.0. The van der Waals surface area contributed by atoms with Crippen LogP contribution in [0.4, 0.5) is 0 Å². The van der Waals surface area contributed by atoms with E-state index in [0.29, 0.717) is 18.9 Å². The molecule has 2 unspecified atom stereocenters. The smallest absolute Gasteiger partial charge is 0.237 e. The topological polar surface area (TPSA) is 61.4 Å². The van der Waals surface area contributed by atoms with E-state index in [1.54, 1.807) is 0 Å². The van der Waals surface area contributed by atoms with Crippen LogP contribution in [0.25, 0.3) is 10.8 Å². The van der Waals surface area contributed by atoms with Crippen LogP contribution in [0.1, 0.15) is 37.7 Å². The molecule has 0 bridgehead atoms. The van der Waals surface area contributed by atoms with Crippen LogP contribution in [-0.2, 0) is 16.0 Å². The minimum atomic E-state index is -0.0294. The first-order chi connectivity index (χ1) is 14.2. The summed E-state index contributed by atoms with van der Waals surface area (Å²) in [6.07, 6.45) is 5.41. The van der Waals surface area contributed by atoms with E-state index >= 15 is 0 Å². The van der Waals surface area contributed by atoms with Crippen LogP contribution < -0.4 is 10.6 Å². The van der Waals surface area contributed by atoms with Gasteiger partial charge in [-0.3, -0.25) is 9.59 Å². The summed E-state index contributed by atoms with van der Waals surface area (Å²) in [6.45, 7) is 3.20. The van der Waals surface area contributed by atoms with Gasteiger partial charge in [0, 0.05) is 26.1 Å². The van der Waals surface area contributed by atoms with E-state index in [2.05, 4.69) is 41.0 Å². The van der Waals surface area contributed by atoms with Gasteiger partial charge in [-0.15, -0.1) is 12.4 Å². The van der Waals surface area contributed by atoms with Crippen molar-refractivity contribution in [2.24, 2.45) is 5.92 Å². The minimum Gasteiger partial charge on any atom is -0.354 e. The highest BCUT2D eigenvalue weighted by Crippen LogP contribution is 2.19. The van der Waals surface area contributed by atoms with E-state index in [0.717, 1.165) is 51.7 Å². The maximum absolute atomic E-state index is 12.8. The number of fused-ring (bicyclic) bond motifs is 1. The molecule has 2 N–H and O–H groups in total. The summed E-state index contributed by atoms with van der Waals surface area (Å²) < 4.78 is 0. The zero-order valence-corrected chi connectivity index (χ0v) is 18.3. The van der Waals surface area contributed by atoms with Gasteiger partial charge in [0.1, 0.15) is 0 Å². The molecular weight excluding hydrogens is 398 g/mol. The highest BCUT2D eigenvalue weighted by atomic mass is 35.5. The van der Waals surface area contributed by atoms with Crippen molar-refractivity contribution >= 4 is 35.0 Å². The number of rotatable bonds is 6. The van der Waals surface area contributed by atoms with Crippen LogP contribution in [-0.4, -0.2) is 48.9 Å². The van der Waals surface area contributed by atoms with Gasteiger partial charge in [0.15, 0.2) is 0 Å². The van der Waals surface area contributed by atoms with Crippen molar-refractivity contribution in [3.05, 3.63) is 48.0 Å². The second-order valence-corrected chi connectivity index (χ2v) is 8.42. The fraction of sp³-hybridized carbons (Fsp3) is 0.500.